The Morgan fingerprint density at radius 3 is 2.19 bits per heavy atom. The summed E-state index contributed by atoms with van der Waals surface area (Å²) in [5.74, 6) is -1.12. The van der Waals surface area contributed by atoms with Gasteiger partial charge in [-0.1, -0.05) is 78.9 Å². The first-order chi connectivity index (χ1) is 20.4. The van der Waals surface area contributed by atoms with Gasteiger partial charge in [0.25, 0.3) is 0 Å². The van der Waals surface area contributed by atoms with Crippen molar-refractivity contribution in [3.63, 3.8) is 0 Å². The third kappa shape index (κ3) is 5.63. The van der Waals surface area contributed by atoms with Crippen molar-refractivity contribution in [2.24, 2.45) is 17.8 Å². The average Bonchev–Trinajstić information content (AvgIpc) is 3.51. The van der Waals surface area contributed by atoms with E-state index in [0.717, 1.165) is 34.2 Å². The van der Waals surface area contributed by atoms with Crippen molar-refractivity contribution in [1.82, 2.24) is 10.6 Å². The fourth-order valence-electron chi connectivity index (χ4n) is 6.93. The van der Waals surface area contributed by atoms with E-state index in [1.165, 1.54) is 0 Å². The third-order valence-electron chi connectivity index (χ3n) is 9.22. The number of carboxylic acid groups (broad SMARTS) is 1. The number of rotatable bonds is 10. The van der Waals surface area contributed by atoms with Gasteiger partial charge in [-0.25, -0.2) is 4.79 Å². The third-order valence-corrected chi connectivity index (χ3v) is 9.22. The summed E-state index contributed by atoms with van der Waals surface area (Å²) in [4.78, 5) is 38.2. The first-order valence-electron chi connectivity index (χ1n) is 14.7. The molecule has 2 fully saturated rings. The predicted molar refractivity (Wildman–Crippen MR) is 157 cm³/mol. The average molecular weight is 569 g/mol. The summed E-state index contributed by atoms with van der Waals surface area (Å²) in [7, 11) is 0. The zero-order valence-corrected chi connectivity index (χ0v) is 23.6. The van der Waals surface area contributed by atoms with Gasteiger partial charge in [-0.3, -0.25) is 9.59 Å². The Labute approximate surface area is 245 Å². The second-order valence-corrected chi connectivity index (χ2v) is 11.7. The lowest BCUT2D eigenvalue weighted by molar-refractivity contribution is -0.141. The van der Waals surface area contributed by atoms with Crippen LogP contribution in [0.15, 0.2) is 78.9 Å². The molecule has 2 saturated carbocycles. The van der Waals surface area contributed by atoms with Crippen LogP contribution in [0.25, 0.3) is 11.1 Å². The molecule has 2 amide bonds. The highest BCUT2D eigenvalue weighted by atomic mass is 16.5. The molecule has 3 aromatic rings. The van der Waals surface area contributed by atoms with Crippen LogP contribution >= 0.6 is 0 Å². The van der Waals surface area contributed by atoms with Crippen molar-refractivity contribution >= 4 is 18.0 Å². The van der Waals surface area contributed by atoms with E-state index in [-0.39, 0.29) is 42.9 Å². The fourth-order valence-corrected chi connectivity index (χ4v) is 6.93. The largest absolute Gasteiger partial charge is 0.481 e. The van der Waals surface area contributed by atoms with E-state index in [9.17, 15) is 19.5 Å². The Balaban J connectivity index is 1.12. The number of hydrogen-bond acceptors (Lipinski definition) is 5. The van der Waals surface area contributed by atoms with E-state index in [4.69, 9.17) is 9.47 Å². The maximum absolute atomic E-state index is 13.5. The first kappa shape index (κ1) is 28.0. The molecule has 6 atom stereocenters. The highest BCUT2D eigenvalue weighted by Crippen LogP contribution is 2.50. The lowest BCUT2D eigenvalue weighted by Crippen LogP contribution is -2.59. The Bertz CT molecular complexity index is 1410. The van der Waals surface area contributed by atoms with Gasteiger partial charge in [-0.05, 0) is 65.8 Å². The minimum atomic E-state index is -0.986. The number of carboxylic acids is 1. The number of hydrogen-bond donors (Lipinski definition) is 3. The van der Waals surface area contributed by atoms with Crippen molar-refractivity contribution < 1.29 is 29.0 Å². The second kappa shape index (κ2) is 12.0. The van der Waals surface area contributed by atoms with Crippen LogP contribution in [-0.4, -0.2) is 47.9 Å². The van der Waals surface area contributed by atoms with E-state index in [0.29, 0.717) is 18.8 Å². The molecule has 4 unspecified atom stereocenters. The van der Waals surface area contributed by atoms with Crippen LogP contribution in [0.4, 0.5) is 4.79 Å². The smallest absolute Gasteiger partial charge is 0.407 e. The number of aliphatic carboxylic acids is 1. The molecular weight excluding hydrogens is 532 g/mol. The molecule has 3 aromatic carbocycles. The Morgan fingerprint density at radius 1 is 0.881 bits per heavy atom. The SMILES string of the molecule is C[C@H](OCc1ccccc1)[C@@H](NC(=O)OCC1c2ccccc2-c2ccccc21)C(=O)NC1CC2CC(C(=O)O)CC21. The molecule has 0 aromatic heterocycles. The Morgan fingerprint density at radius 2 is 1.52 bits per heavy atom. The van der Waals surface area contributed by atoms with Crippen LogP contribution in [0.2, 0.25) is 0 Å². The monoisotopic (exact) mass is 568 g/mol. The summed E-state index contributed by atoms with van der Waals surface area (Å²) in [6, 6.07) is 24.8. The lowest BCUT2D eigenvalue weighted by Gasteiger charge is -2.41. The molecule has 3 aliphatic carbocycles. The van der Waals surface area contributed by atoms with Crippen LogP contribution in [0.5, 0.6) is 0 Å². The van der Waals surface area contributed by atoms with E-state index in [1.807, 2.05) is 54.6 Å². The van der Waals surface area contributed by atoms with E-state index < -0.39 is 24.2 Å². The maximum Gasteiger partial charge on any atom is 0.407 e. The molecule has 3 aliphatic rings. The number of fused-ring (bicyclic) bond motifs is 4. The molecule has 0 aliphatic heterocycles. The fraction of sp³-hybridized carbons (Fsp3) is 0.382. The number of ether oxygens (including phenoxy) is 2. The standard InChI is InChI=1S/C34H36N2O6/c1-20(41-18-21-9-3-2-4-10-21)31(32(37)35-30-17-22-15-23(33(38)39)16-28(22)30)36-34(40)42-19-29-26-13-7-5-11-24(26)25-12-6-8-14-27(25)29/h2-14,20,22-23,28-31H,15-19H2,1H3,(H,35,37)(H,36,40)(H,38,39)/t20-,22?,23?,28?,30?,31+/m0/s1. The predicted octanol–water partition coefficient (Wildman–Crippen LogP) is 5.11. The zero-order chi connectivity index (χ0) is 29.2. The molecule has 8 nitrogen and oxygen atoms in total. The van der Waals surface area contributed by atoms with Crippen LogP contribution in [0, 0.1) is 17.8 Å². The van der Waals surface area contributed by atoms with Crippen LogP contribution in [0.1, 0.15) is 48.8 Å². The quantitative estimate of drug-likeness (QED) is 0.313. The number of alkyl carbamates (subject to hydrolysis) is 1. The van der Waals surface area contributed by atoms with Gasteiger partial charge in [0, 0.05) is 12.0 Å². The van der Waals surface area contributed by atoms with Crippen molar-refractivity contribution in [1.29, 1.82) is 0 Å². The molecule has 0 saturated heterocycles. The number of nitrogens with one attached hydrogen (secondary N) is 2. The van der Waals surface area contributed by atoms with Gasteiger partial charge in [-0.15, -0.1) is 0 Å². The maximum atomic E-state index is 13.5. The summed E-state index contributed by atoms with van der Waals surface area (Å²) < 4.78 is 11.8. The Hall–Kier alpha value is -4.17. The van der Waals surface area contributed by atoms with Gasteiger partial charge in [0.05, 0.1) is 18.6 Å². The number of carbonyl (C=O) groups excluding carboxylic acids is 2. The van der Waals surface area contributed by atoms with Gasteiger partial charge >= 0.3 is 12.1 Å². The van der Waals surface area contributed by atoms with E-state index in [1.54, 1.807) is 6.92 Å². The second-order valence-electron chi connectivity index (χ2n) is 11.7. The highest BCUT2D eigenvalue weighted by molar-refractivity contribution is 5.86. The van der Waals surface area contributed by atoms with Crippen molar-refractivity contribution in [2.45, 2.75) is 56.9 Å². The van der Waals surface area contributed by atoms with Crippen LogP contribution in [0.3, 0.4) is 0 Å². The van der Waals surface area contributed by atoms with Gasteiger partial charge < -0.3 is 25.2 Å². The number of benzene rings is 3. The van der Waals surface area contributed by atoms with Gasteiger partial charge in [0.15, 0.2) is 0 Å². The minimum absolute atomic E-state index is 0.0985. The van der Waals surface area contributed by atoms with E-state index in [2.05, 4.69) is 34.9 Å². The molecule has 42 heavy (non-hydrogen) atoms. The zero-order valence-electron chi connectivity index (χ0n) is 23.6. The van der Waals surface area contributed by atoms with Crippen LogP contribution < -0.4 is 10.6 Å². The molecule has 8 heteroatoms. The number of carbonyl (C=O) groups is 3. The molecule has 0 heterocycles. The molecular formula is C34H36N2O6. The van der Waals surface area contributed by atoms with Crippen molar-refractivity contribution in [2.75, 3.05) is 6.61 Å². The first-order valence-corrected chi connectivity index (χ1v) is 14.7. The van der Waals surface area contributed by atoms with Crippen molar-refractivity contribution in [3.05, 3.63) is 95.6 Å². The van der Waals surface area contributed by atoms with Gasteiger partial charge in [0.2, 0.25) is 5.91 Å². The highest BCUT2D eigenvalue weighted by Gasteiger charge is 2.50. The van der Waals surface area contributed by atoms with Crippen molar-refractivity contribution in [3.8, 4) is 11.1 Å². The van der Waals surface area contributed by atoms with Crippen LogP contribution in [-0.2, 0) is 25.7 Å². The molecule has 0 radical (unpaired) electrons. The molecule has 218 valence electrons. The van der Waals surface area contributed by atoms with Gasteiger partial charge in [-0.2, -0.15) is 0 Å². The summed E-state index contributed by atoms with van der Waals surface area (Å²) in [6.07, 6.45) is 0.638. The topological polar surface area (TPSA) is 114 Å². The Kier molecular flexibility index (Phi) is 7.98. The normalized spacial score (nSPS) is 23.5. The summed E-state index contributed by atoms with van der Waals surface area (Å²) in [5, 5.41) is 15.3. The number of amides is 2. The molecule has 0 bridgehead atoms. The summed E-state index contributed by atoms with van der Waals surface area (Å²) >= 11 is 0. The summed E-state index contributed by atoms with van der Waals surface area (Å²) in [6.45, 7) is 2.18. The lowest BCUT2D eigenvalue weighted by atomic mass is 9.71. The minimum Gasteiger partial charge on any atom is -0.481 e. The van der Waals surface area contributed by atoms with Gasteiger partial charge in [0.1, 0.15) is 12.6 Å². The molecule has 6 rings (SSSR count). The molecule has 3 N–H and O–H groups in total. The molecule has 0 spiro atoms. The van der Waals surface area contributed by atoms with E-state index >= 15 is 0 Å². The summed E-state index contributed by atoms with van der Waals surface area (Å²) in [5.41, 5.74) is 5.45.